The Kier molecular flexibility index (Phi) is 3.83. The summed E-state index contributed by atoms with van der Waals surface area (Å²) in [5, 5.41) is 8.74. The summed E-state index contributed by atoms with van der Waals surface area (Å²) in [6.45, 7) is 4.77. The van der Waals surface area contributed by atoms with E-state index in [1.165, 1.54) is 6.07 Å². The Hall–Kier alpha value is -1.60. The Morgan fingerprint density at radius 1 is 1.44 bits per heavy atom. The minimum atomic E-state index is -0.298. The summed E-state index contributed by atoms with van der Waals surface area (Å²) in [7, 11) is 2.11. The van der Waals surface area contributed by atoms with Gasteiger partial charge in [0.2, 0.25) is 0 Å². The van der Waals surface area contributed by atoms with Crippen molar-refractivity contribution in [1.29, 1.82) is 5.26 Å². The summed E-state index contributed by atoms with van der Waals surface area (Å²) in [6.07, 6.45) is 1.06. The predicted octanol–water partition coefficient (Wildman–Crippen LogP) is 2.23. The van der Waals surface area contributed by atoms with Crippen molar-refractivity contribution in [3.63, 3.8) is 0 Å². The van der Waals surface area contributed by atoms with Crippen LogP contribution in [0.3, 0.4) is 0 Å². The van der Waals surface area contributed by atoms with E-state index in [4.69, 9.17) is 5.26 Å². The fourth-order valence-corrected chi connectivity index (χ4v) is 2.44. The molecule has 2 rings (SSSR count). The molecule has 1 aliphatic heterocycles. The lowest BCUT2D eigenvalue weighted by Crippen LogP contribution is -2.51. The maximum Gasteiger partial charge on any atom is 0.147 e. The summed E-state index contributed by atoms with van der Waals surface area (Å²) < 4.78 is 13.9. The molecule has 0 spiro atoms. The summed E-state index contributed by atoms with van der Waals surface area (Å²) in [5.74, 6) is -0.298. The van der Waals surface area contributed by atoms with E-state index in [9.17, 15) is 4.39 Å². The van der Waals surface area contributed by atoms with Crippen LogP contribution in [0.2, 0.25) is 0 Å². The molecule has 1 fully saturated rings. The number of benzene rings is 1. The van der Waals surface area contributed by atoms with Crippen molar-refractivity contribution >= 4 is 5.69 Å². The van der Waals surface area contributed by atoms with Crippen molar-refractivity contribution in [2.45, 2.75) is 19.4 Å². The first kappa shape index (κ1) is 12.8. The quantitative estimate of drug-likeness (QED) is 0.803. The van der Waals surface area contributed by atoms with E-state index in [2.05, 4.69) is 23.8 Å². The second-order valence-corrected chi connectivity index (χ2v) is 4.77. The van der Waals surface area contributed by atoms with Gasteiger partial charge in [-0.15, -0.1) is 0 Å². The maximum absolute atomic E-state index is 13.9. The molecule has 1 atom stereocenters. The fraction of sp³-hybridized carbons (Fsp3) is 0.500. The van der Waals surface area contributed by atoms with Crippen LogP contribution in [-0.4, -0.2) is 37.6 Å². The van der Waals surface area contributed by atoms with Gasteiger partial charge in [-0.25, -0.2) is 4.39 Å². The van der Waals surface area contributed by atoms with Crippen LogP contribution in [0.15, 0.2) is 18.2 Å². The van der Waals surface area contributed by atoms with Crippen LogP contribution >= 0.6 is 0 Å². The van der Waals surface area contributed by atoms with Crippen molar-refractivity contribution in [2.24, 2.45) is 0 Å². The number of hydrogen-bond donors (Lipinski definition) is 0. The highest BCUT2D eigenvalue weighted by Gasteiger charge is 2.24. The SMILES string of the molecule is CCC1CN(c2ccc(C#N)cc2F)CCN1C. The number of likely N-dealkylation sites (N-methyl/N-ethyl adjacent to an activating group) is 1. The van der Waals surface area contributed by atoms with Crippen molar-refractivity contribution in [1.82, 2.24) is 4.90 Å². The van der Waals surface area contributed by atoms with Crippen molar-refractivity contribution in [2.75, 3.05) is 31.6 Å². The van der Waals surface area contributed by atoms with Crippen LogP contribution in [-0.2, 0) is 0 Å². The highest BCUT2D eigenvalue weighted by atomic mass is 19.1. The first-order chi connectivity index (χ1) is 8.65. The topological polar surface area (TPSA) is 30.3 Å². The van der Waals surface area contributed by atoms with E-state index in [0.29, 0.717) is 17.3 Å². The Bertz CT molecular complexity index is 467. The third-order valence-electron chi connectivity index (χ3n) is 3.67. The van der Waals surface area contributed by atoms with Gasteiger partial charge in [0.05, 0.1) is 17.3 Å². The highest BCUT2D eigenvalue weighted by molar-refractivity contribution is 5.51. The molecular weight excluding hydrogens is 229 g/mol. The zero-order valence-corrected chi connectivity index (χ0v) is 10.9. The van der Waals surface area contributed by atoms with Crippen molar-refractivity contribution in [3.8, 4) is 6.07 Å². The predicted molar refractivity (Wildman–Crippen MR) is 70.0 cm³/mol. The molecule has 0 aliphatic carbocycles. The number of piperazine rings is 1. The molecule has 1 aliphatic rings. The third-order valence-corrected chi connectivity index (χ3v) is 3.67. The Balaban J connectivity index is 2.20. The number of anilines is 1. The van der Waals surface area contributed by atoms with Gasteiger partial charge in [0.25, 0.3) is 0 Å². The van der Waals surface area contributed by atoms with Crippen LogP contribution in [0.1, 0.15) is 18.9 Å². The lowest BCUT2D eigenvalue weighted by atomic mass is 10.1. The summed E-state index contributed by atoms with van der Waals surface area (Å²) >= 11 is 0. The van der Waals surface area contributed by atoms with E-state index in [1.807, 2.05) is 6.07 Å². The lowest BCUT2D eigenvalue weighted by molar-refractivity contribution is 0.213. The van der Waals surface area contributed by atoms with Crippen molar-refractivity contribution in [3.05, 3.63) is 29.6 Å². The number of nitriles is 1. The molecule has 1 saturated heterocycles. The van der Waals surface area contributed by atoms with E-state index in [-0.39, 0.29) is 5.82 Å². The molecule has 3 nitrogen and oxygen atoms in total. The fourth-order valence-electron chi connectivity index (χ4n) is 2.44. The molecule has 4 heteroatoms. The molecule has 96 valence electrons. The molecule has 1 unspecified atom stereocenters. The standard InChI is InChI=1S/C14H18FN3/c1-3-12-10-18(7-6-17(12)2)14-5-4-11(9-16)8-13(14)15/h4-5,8,12H,3,6-7,10H2,1-2H3. The Morgan fingerprint density at radius 3 is 2.83 bits per heavy atom. The van der Waals surface area contributed by atoms with Crippen LogP contribution < -0.4 is 4.90 Å². The molecule has 0 amide bonds. The molecule has 0 N–H and O–H groups in total. The number of halogens is 1. The molecule has 0 aromatic heterocycles. The minimum absolute atomic E-state index is 0.298. The zero-order valence-electron chi connectivity index (χ0n) is 10.9. The van der Waals surface area contributed by atoms with Gasteiger partial charge in [-0.1, -0.05) is 6.92 Å². The molecular formula is C14H18FN3. The van der Waals surface area contributed by atoms with Gasteiger partial charge in [0.15, 0.2) is 0 Å². The van der Waals surface area contributed by atoms with E-state index in [1.54, 1.807) is 12.1 Å². The smallest absolute Gasteiger partial charge is 0.147 e. The summed E-state index contributed by atoms with van der Waals surface area (Å²) in [6, 6.07) is 7.13. The number of rotatable bonds is 2. The first-order valence-corrected chi connectivity index (χ1v) is 6.30. The Labute approximate surface area is 107 Å². The molecule has 18 heavy (non-hydrogen) atoms. The monoisotopic (exact) mass is 247 g/mol. The van der Waals surface area contributed by atoms with Crippen LogP contribution in [0.4, 0.5) is 10.1 Å². The summed E-state index contributed by atoms with van der Waals surface area (Å²) in [4.78, 5) is 4.39. The molecule has 1 aromatic rings. The number of hydrogen-bond acceptors (Lipinski definition) is 3. The van der Waals surface area contributed by atoms with E-state index < -0.39 is 0 Å². The largest absolute Gasteiger partial charge is 0.366 e. The maximum atomic E-state index is 13.9. The minimum Gasteiger partial charge on any atom is -0.366 e. The number of nitrogens with zero attached hydrogens (tertiary/aromatic N) is 3. The van der Waals surface area contributed by atoms with E-state index in [0.717, 1.165) is 26.1 Å². The van der Waals surface area contributed by atoms with Gasteiger partial charge >= 0.3 is 0 Å². The van der Waals surface area contributed by atoms with Gasteiger partial charge in [-0.3, -0.25) is 4.90 Å². The molecule has 0 saturated carbocycles. The van der Waals surface area contributed by atoms with Gasteiger partial charge in [0.1, 0.15) is 5.82 Å². The summed E-state index contributed by atoms with van der Waals surface area (Å²) in [5.41, 5.74) is 0.984. The van der Waals surface area contributed by atoms with E-state index >= 15 is 0 Å². The first-order valence-electron chi connectivity index (χ1n) is 6.30. The van der Waals surface area contributed by atoms with Crippen LogP contribution in [0.5, 0.6) is 0 Å². The lowest BCUT2D eigenvalue weighted by Gasteiger charge is -2.40. The van der Waals surface area contributed by atoms with Gasteiger partial charge < -0.3 is 4.90 Å². The molecule has 0 radical (unpaired) electrons. The van der Waals surface area contributed by atoms with Crippen LogP contribution in [0.25, 0.3) is 0 Å². The molecule has 0 bridgehead atoms. The van der Waals surface area contributed by atoms with Crippen LogP contribution in [0, 0.1) is 17.1 Å². The van der Waals surface area contributed by atoms with Crippen molar-refractivity contribution < 1.29 is 4.39 Å². The second kappa shape index (κ2) is 5.36. The third kappa shape index (κ3) is 2.46. The average molecular weight is 247 g/mol. The second-order valence-electron chi connectivity index (χ2n) is 4.77. The zero-order chi connectivity index (χ0) is 13.1. The normalized spacial score (nSPS) is 20.8. The highest BCUT2D eigenvalue weighted by Crippen LogP contribution is 2.23. The van der Waals surface area contributed by atoms with Gasteiger partial charge in [0, 0.05) is 25.7 Å². The molecule has 1 aromatic carbocycles. The Morgan fingerprint density at radius 2 is 2.22 bits per heavy atom. The van der Waals surface area contributed by atoms with Gasteiger partial charge in [-0.05, 0) is 31.7 Å². The van der Waals surface area contributed by atoms with Gasteiger partial charge in [-0.2, -0.15) is 5.26 Å². The average Bonchev–Trinajstić information content (AvgIpc) is 2.39. The molecule has 1 heterocycles.